The van der Waals surface area contributed by atoms with Crippen LogP contribution in [0.3, 0.4) is 0 Å². The molecule has 2 aromatic rings. The van der Waals surface area contributed by atoms with E-state index >= 15 is 0 Å². The van der Waals surface area contributed by atoms with Crippen molar-refractivity contribution in [2.24, 2.45) is 5.92 Å². The monoisotopic (exact) mass is 391 g/mol. The molecule has 8 nitrogen and oxygen atoms in total. The van der Waals surface area contributed by atoms with Crippen LogP contribution in [-0.4, -0.2) is 36.1 Å². The molecule has 1 atom stereocenters. The van der Waals surface area contributed by atoms with Gasteiger partial charge in [0.15, 0.2) is 12.4 Å². The highest BCUT2D eigenvalue weighted by molar-refractivity contribution is 6.31. The molecule has 1 N–H and O–H groups in total. The van der Waals surface area contributed by atoms with Gasteiger partial charge in [-0.05, 0) is 31.5 Å². The van der Waals surface area contributed by atoms with E-state index in [1.54, 1.807) is 31.2 Å². The van der Waals surface area contributed by atoms with Gasteiger partial charge in [-0.25, -0.2) is 0 Å². The first-order chi connectivity index (χ1) is 12.8. The Balaban J connectivity index is 1.56. The highest BCUT2D eigenvalue weighted by Crippen LogP contribution is 2.31. The largest absolute Gasteiger partial charge is 0.455 e. The van der Waals surface area contributed by atoms with Crippen LogP contribution in [0.1, 0.15) is 17.7 Å². The summed E-state index contributed by atoms with van der Waals surface area (Å²) >= 11 is 6.11. The van der Waals surface area contributed by atoms with Crippen LogP contribution in [0.2, 0.25) is 5.02 Å². The minimum atomic E-state index is -0.641. The van der Waals surface area contributed by atoms with Crippen molar-refractivity contribution in [1.82, 2.24) is 5.16 Å². The van der Waals surface area contributed by atoms with Crippen molar-refractivity contribution in [3.63, 3.8) is 0 Å². The number of nitrogens with one attached hydrogen (secondary N) is 1. The lowest BCUT2D eigenvalue weighted by Crippen LogP contribution is -2.28. The first-order valence-corrected chi connectivity index (χ1v) is 8.68. The van der Waals surface area contributed by atoms with Crippen LogP contribution in [0, 0.1) is 19.8 Å². The Kier molecular flexibility index (Phi) is 5.46. The van der Waals surface area contributed by atoms with E-state index in [1.165, 1.54) is 4.90 Å². The molecule has 3 rings (SSSR count). The van der Waals surface area contributed by atoms with Crippen molar-refractivity contribution in [1.29, 1.82) is 0 Å². The molecule has 9 heteroatoms. The Hall–Kier alpha value is -2.87. The van der Waals surface area contributed by atoms with Crippen molar-refractivity contribution in [2.75, 3.05) is 23.4 Å². The quantitative estimate of drug-likeness (QED) is 0.785. The van der Waals surface area contributed by atoms with Crippen molar-refractivity contribution in [2.45, 2.75) is 20.3 Å². The molecule has 0 aliphatic carbocycles. The zero-order valence-corrected chi connectivity index (χ0v) is 15.6. The number of hydrogen-bond donors (Lipinski definition) is 1. The maximum atomic E-state index is 12.3. The predicted octanol–water partition coefficient (Wildman–Crippen LogP) is 2.48. The number of amides is 2. The summed E-state index contributed by atoms with van der Waals surface area (Å²) in [6.45, 7) is 3.22. The fourth-order valence-electron chi connectivity index (χ4n) is 2.85. The number of halogens is 1. The van der Waals surface area contributed by atoms with Gasteiger partial charge in [-0.3, -0.25) is 14.4 Å². The predicted molar refractivity (Wildman–Crippen MR) is 97.5 cm³/mol. The molecule has 0 bridgehead atoms. The zero-order chi connectivity index (χ0) is 19.6. The molecule has 27 heavy (non-hydrogen) atoms. The molecule has 0 unspecified atom stereocenters. The van der Waals surface area contributed by atoms with E-state index in [9.17, 15) is 14.4 Å². The summed E-state index contributed by atoms with van der Waals surface area (Å²) in [6, 6.07) is 6.81. The van der Waals surface area contributed by atoms with E-state index in [0.717, 1.165) is 5.56 Å². The first kappa shape index (κ1) is 18.9. The molecular weight excluding hydrogens is 374 g/mol. The van der Waals surface area contributed by atoms with Gasteiger partial charge in [0.25, 0.3) is 5.91 Å². The first-order valence-electron chi connectivity index (χ1n) is 8.30. The number of carbonyl (C=O) groups excluding carboxylic acids is 3. The van der Waals surface area contributed by atoms with E-state index in [2.05, 4.69) is 10.5 Å². The minimum Gasteiger partial charge on any atom is -0.455 e. The summed E-state index contributed by atoms with van der Waals surface area (Å²) in [5, 5.41) is 6.62. The number of anilines is 2. The number of benzene rings is 1. The number of nitrogens with zero attached hydrogens (tertiary/aromatic N) is 2. The van der Waals surface area contributed by atoms with Crippen molar-refractivity contribution >= 4 is 40.9 Å². The number of aromatic nitrogens is 1. The van der Waals surface area contributed by atoms with Crippen molar-refractivity contribution in [3.05, 3.63) is 40.6 Å². The molecule has 1 fully saturated rings. The van der Waals surface area contributed by atoms with Crippen LogP contribution in [0.4, 0.5) is 11.5 Å². The maximum absolute atomic E-state index is 12.3. The van der Waals surface area contributed by atoms with Gasteiger partial charge in [0, 0.05) is 29.7 Å². The average molecular weight is 392 g/mol. The minimum absolute atomic E-state index is 0.0227. The molecule has 1 saturated heterocycles. The zero-order valence-electron chi connectivity index (χ0n) is 14.8. The molecule has 0 saturated carbocycles. The molecule has 2 heterocycles. The van der Waals surface area contributed by atoms with Crippen LogP contribution >= 0.6 is 11.6 Å². The molecule has 0 spiro atoms. The summed E-state index contributed by atoms with van der Waals surface area (Å²) in [4.78, 5) is 37.9. The van der Waals surface area contributed by atoms with Gasteiger partial charge in [0.05, 0.1) is 5.92 Å². The third kappa shape index (κ3) is 4.28. The number of carbonyl (C=O) groups is 3. The lowest BCUT2D eigenvalue weighted by Gasteiger charge is -2.19. The second-order valence-electron chi connectivity index (χ2n) is 6.27. The molecule has 0 radical (unpaired) electrons. The third-order valence-corrected chi connectivity index (χ3v) is 4.64. The van der Waals surface area contributed by atoms with Gasteiger partial charge < -0.3 is 19.5 Å². The second kappa shape index (κ2) is 7.79. The van der Waals surface area contributed by atoms with Crippen molar-refractivity contribution < 1.29 is 23.6 Å². The molecule has 1 aliphatic heterocycles. The van der Waals surface area contributed by atoms with E-state index in [-0.39, 0.29) is 24.7 Å². The van der Waals surface area contributed by atoms with Gasteiger partial charge >= 0.3 is 5.97 Å². The van der Waals surface area contributed by atoms with E-state index in [4.69, 9.17) is 20.9 Å². The van der Waals surface area contributed by atoms with Gasteiger partial charge in [-0.2, -0.15) is 0 Å². The van der Waals surface area contributed by atoms with Gasteiger partial charge in [-0.1, -0.05) is 22.8 Å². The third-order valence-electron chi connectivity index (χ3n) is 4.23. The smallest absolute Gasteiger partial charge is 0.311 e. The fourth-order valence-corrected chi connectivity index (χ4v) is 3.02. The van der Waals surface area contributed by atoms with Crippen LogP contribution in [0.25, 0.3) is 0 Å². The lowest BCUT2D eigenvalue weighted by molar-refractivity contribution is -0.151. The van der Waals surface area contributed by atoms with Gasteiger partial charge in [0.2, 0.25) is 5.91 Å². The van der Waals surface area contributed by atoms with E-state index in [0.29, 0.717) is 16.5 Å². The Labute approximate surface area is 160 Å². The number of ether oxygens (including phenoxy) is 1. The van der Waals surface area contributed by atoms with Crippen LogP contribution in [0.5, 0.6) is 0 Å². The Morgan fingerprint density at radius 3 is 2.89 bits per heavy atom. The number of hydrogen-bond acceptors (Lipinski definition) is 6. The molecule has 1 aromatic carbocycles. The standard InChI is InChI=1S/C18H18ClN3O5/c1-10-6-15(21-27-10)20-16(23)9-26-18(25)12-7-17(24)22(8-12)14-5-3-4-13(19)11(14)2/h3-6,12H,7-9H2,1-2H3,(H,20,21,23)/t12-/m1/s1. The second-order valence-corrected chi connectivity index (χ2v) is 6.68. The highest BCUT2D eigenvalue weighted by atomic mass is 35.5. The van der Waals surface area contributed by atoms with Crippen LogP contribution in [0.15, 0.2) is 28.8 Å². The van der Waals surface area contributed by atoms with Gasteiger partial charge in [0.1, 0.15) is 5.76 Å². The van der Waals surface area contributed by atoms with Crippen LogP contribution in [-0.2, 0) is 19.1 Å². The maximum Gasteiger partial charge on any atom is 0.311 e. The normalized spacial score (nSPS) is 16.5. The van der Waals surface area contributed by atoms with Crippen LogP contribution < -0.4 is 10.2 Å². The van der Waals surface area contributed by atoms with E-state index < -0.39 is 24.4 Å². The van der Waals surface area contributed by atoms with E-state index in [1.807, 2.05) is 6.92 Å². The van der Waals surface area contributed by atoms with Crippen molar-refractivity contribution in [3.8, 4) is 0 Å². The molecule has 1 aliphatic rings. The summed E-state index contributed by atoms with van der Waals surface area (Å²) in [6.07, 6.45) is 0.0227. The topological polar surface area (TPSA) is 102 Å². The summed E-state index contributed by atoms with van der Waals surface area (Å²) in [7, 11) is 0. The summed E-state index contributed by atoms with van der Waals surface area (Å²) in [5.41, 5.74) is 1.44. The molecular formula is C18H18ClN3O5. The molecule has 1 aromatic heterocycles. The number of rotatable bonds is 5. The average Bonchev–Trinajstić information content (AvgIpc) is 3.21. The summed E-state index contributed by atoms with van der Waals surface area (Å²) in [5.74, 6) is -1.18. The number of esters is 1. The molecule has 2 amide bonds. The molecule has 142 valence electrons. The number of aryl methyl sites for hydroxylation is 1. The Morgan fingerprint density at radius 1 is 1.41 bits per heavy atom. The Morgan fingerprint density at radius 2 is 2.19 bits per heavy atom. The lowest BCUT2D eigenvalue weighted by atomic mass is 10.1. The SMILES string of the molecule is Cc1cc(NC(=O)COC(=O)[C@@H]2CC(=O)N(c3cccc(Cl)c3C)C2)no1. The Bertz CT molecular complexity index is 895. The van der Waals surface area contributed by atoms with Gasteiger partial charge in [-0.15, -0.1) is 0 Å². The summed E-state index contributed by atoms with van der Waals surface area (Å²) < 4.78 is 9.87. The highest BCUT2D eigenvalue weighted by Gasteiger charge is 2.37. The fraction of sp³-hybridized carbons (Fsp3) is 0.333.